The number of hydrogen-bond acceptors (Lipinski definition) is 3. The van der Waals surface area contributed by atoms with Crippen molar-refractivity contribution in [1.82, 2.24) is 5.32 Å². The first-order valence-electron chi connectivity index (χ1n) is 5.29. The summed E-state index contributed by atoms with van der Waals surface area (Å²) in [7, 11) is 0. The summed E-state index contributed by atoms with van der Waals surface area (Å²) in [5.74, 6) is 1.15. The molecule has 0 amide bonds. The molecule has 15 heavy (non-hydrogen) atoms. The van der Waals surface area contributed by atoms with Crippen molar-refractivity contribution < 1.29 is 4.74 Å². The molecule has 0 bridgehead atoms. The Labute approximate surface area is 95.4 Å². The molecule has 2 nitrogen and oxygen atoms in total. The predicted octanol–water partition coefficient (Wildman–Crippen LogP) is 2.21. The lowest BCUT2D eigenvalue weighted by Crippen LogP contribution is -2.31. The Kier molecular flexibility index (Phi) is 4.06. The second-order valence-corrected chi connectivity index (χ2v) is 4.70. The van der Waals surface area contributed by atoms with Crippen molar-refractivity contribution in [3.05, 3.63) is 35.4 Å². The summed E-state index contributed by atoms with van der Waals surface area (Å²) in [4.78, 5) is 0. The molecule has 3 heteroatoms. The maximum Gasteiger partial charge on any atom is 0.0721 e. The first-order valence-corrected chi connectivity index (χ1v) is 6.69. The summed E-state index contributed by atoms with van der Waals surface area (Å²) >= 11 is 1.87. The van der Waals surface area contributed by atoms with E-state index in [0.717, 1.165) is 25.5 Å². The third-order valence-electron chi connectivity index (χ3n) is 2.67. The number of nitrogens with one attached hydrogen (secondary N) is 1. The molecule has 2 rings (SSSR count). The molecule has 0 aliphatic carbocycles. The average Bonchev–Trinajstić information content (AvgIpc) is 2.30. The van der Waals surface area contributed by atoms with Gasteiger partial charge in [0.1, 0.15) is 0 Å². The van der Waals surface area contributed by atoms with Gasteiger partial charge in [0.15, 0.2) is 0 Å². The lowest BCUT2D eigenvalue weighted by Gasteiger charge is -2.26. The van der Waals surface area contributed by atoms with Gasteiger partial charge < -0.3 is 10.1 Å². The molecule has 1 heterocycles. The molecule has 1 aliphatic heterocycles. The van der Waals surface area contributed by atoms with E-state index in [1.807, 2.05) is 11.8 Å². The maximum atomic E-state index is 5.57. The van der Waals surface area contributed by atoms with Crippen molar-refractivity contribution in [3.8, 4) is 0 Å². The van der Waals surface area contributed by atoms with Crippen molar-refractivity contribution in [2.75, 3.05) is 25.2 Å². The molecule has 0 saturated heterocycles. The molecule has 0 radical (unpaired) electrons. The largest absolute Gasteiger partial charge is 0.375 e. The van der Waals surface area contributed by atoms with Crippen molar-refractivity contribution in [2.45, 2.75) is 12.6 Å². The number of ether oxygens (including phenoxy) is 1. The Morgan fingerprint density at radius 1 is 1.47 bits per heavy atom. The summed E-state index contributed by atoms with van der Waals surface area (Å²) in [6.07, 6.45) is 2.13. The van der Waals surface area contributed by atoms with Crippen LogP contribution in [0, 0.1) is 0 Å². The van der Waals surface area contributed by atoms with E-state index in [1.165, 1.54) is 11.1 Å². The summed E-state index contributed by atoms with van der Waals surface area (Å²) in [6, 6.07) is 8.91. The first kappa shape index (κ1) is 11.0. The SMILES string of the molecule is CSCCNC1COCc2ccccc21. The minimum absolute atomic E-state index is 0.377. The lowest BCUT2D eigenvalue weighted by molar-refractivity contribution is 0.0828. The van der Waals surface area contributed by atoms with Gasteiger partial charge >= 0.3 is 0 Å². The van der Waals surface area contributed by atoms with Crippen LogP contribution in [-0.4, -0.2) is 25.2 Å². The zero-order valence-corrected chi connectivity index (χ0v) is 9.85. The molecule has 0 aromatic heterocycles. The van der Waals surface area contributed by atoms with E-state index < -0.39 is 0 Å². The quantitative estimate of drug-likeness (QED) is 0.791. The van der Waals surface area contributed by atoms with Crippen LogP contribution in [0.4, 0.5) is 0 Å². The fourth-order valence-electron chi connectivity index (χ4n) is 1.89. The highest BCUT2D eigenvalue weighted by molar-refractivity contribution is 7.98. The highest BCUT2D eigenvalue weighted by Crippen LogP contribution is 2.24. The van der Waals surface area contributed by atoms with Crippen molar-refractivity contribution in [1.29, 1.82) is 0 Å². The summed E-state index contributed by atoms with van der Waals surface area (Å²) < 4.78 is 5.57. The van der Waals surface area contributed by atoms with Crippen molar-refractivity contribution in [2.24, 2.45) is 0 Å². The van der Waals surface area contributed by atoms with E-state index in [4.69, 9.17) is 4.74 Å². The molecular formula is C12H17NOS. The number of hydrogen-bond donors (Lipinski definition) is 1. The molecule has 82 valence electrons. The monoisotopic (exact) mass is 223 g/mol. The van der Waals surface area contributed by atoms with Crippen LogP contribution in [-0.2, 0) is 11.3 Å². The van der Waals surface area contributed by atoms with Crippen molar-refractivity contribution >= 4 is 11.8 Å². The van der Waals surface area contributed by atoms with E-state index in [0.29, 0.717) is 6.04 Å². The molecule has 1 aromatic rings. The van der Waals surface area contributed by atoms with Gasteiger partial charge in [0.2, 0.25) is 0 Å². The Morgan fingerprint density at radius 3 is 3.20 bits per heavy atom. The van der Waals surface area contributed by atoms with Crippen LogP contribution in [0.1, 0.15) is 17.2 Å². The molecule has 1 N–H and O–H groups in total. The third kappa shape index (κ3) is 2.74. The van der Waals surface area contributed by atoms with Crippen LogP contribution in [0.25, 0.3) is 0 Å². The minimum Gasteiger partial charge on any atom is -0.375 e. The zero-order valence-electron chi connectivity index (χ0n) is 9.03. The average molecular weight is 223 g/mol. The normalized spacial score (nSPS) is 19.9. The molecule has 1 unspecified atom stereocenters. The van der Waals surface area contributed by atoms with Gasteiger partial charge in [-0.05, 0) is 17.4 Å². The molecule has 1 aromatic carbocycles. The van der Waals surface area contributed by atoms with E-state index >= 15 is 0 Å². The molecule has 0 spiro atoms. The molecule has 1 aliphatic rings. The fourth-order valence-corrected chi connectivity index (χ4v) is 2.21. The molecule has 0 fully saturated rings. The van der Waals surface area contributed by atoms with Crippen LogP contribution in [0.5, 0.6) is 0 Å². The van der Waals surface area contributed by atoms with E-state index in [-0.39, 0.29) is 0 Å². The second kappa shape index (κ2) is 5.54. The van der Waals surface area contributed by atoms with Gasteiger partial charge in [0.05, 0.1) is 19.3 Å². The Bertz CT molecular complexity index is 316. The number of benzene rings is 1. The van der Waals surface area contributed by atoms with E-state index in [2.05, 4.69) is 35.8 Å². The van der Waals surface area contributed by atoms with Gasteiger partial charge in [-0.15, -0.1) is 0 Å². The Morgan fingerprint density at radius 2 is 2.33 bits per heavy atom. The van der Waals surface area contributed by atoms with E-state index in [1.54, 1.807) is 0 Å². The van der Waals surface area contributed by atoms with Gasteiger partial charge in [0, 0.05) is 12.3 Å². The number of fused-ring (bicyclic) bond motifs is 1. The minimum atomic E-state index is 0.377. The van der Waals surface area contributed by atoms with Crippen LogP contribution in [0.15, 0.2) is 24.3 Å². The van der Waals surface area contributed by atoms with Crippen LogP contribution in [0.3, 0.4) is 0 Å². The molecule has 0 saturated carbocycles. The highest BCUT2D eigenvalue weighted by atomic mass is 32.2. The van der Waals surface area contributed by atoms with Gasteiger partial charge in [0.25, 0.3) is 0 Å². The predicted molar refractivity (Wildman–Crippen MR) is 65.2 cm³/mol. The smallest absolute Gasteiger partial charge is 0.0721 e. The van der Waals surface area contributed by atoms with Gasteiger partial charge in [-0.1, -0.05) is 24.3 Å². The first-order chi connectivity index (χ1) is 7.42. The Balaban J connectivity index is 2.02. The van der Waals surface area contributed by atoms with Gasteiger partial charge in [-0.2, -0.15) is 11.8 Å². The second-order valence-electron chi connectivity index (χ2n) is 3.71. The summed E-state index contributed by atoms with van der Waals surface area (Å²) in [5.41, 5.74) is 2.73. The zero-order chi connectivity index (χ0) is 10.5. The van der Waals surface area contributed by atoms with Crippen LogP contribution in [0.2, 0.25) is 0 Å². The van der Waals surface area contributed by atoms with Crippen LogP contribution >= 0.6 is 11.8 Å². The third-order valence-corrected chi connectivity index (χ3v) is 3.28. The number of thioether (sulfide) groups is 1. The molecule has 1 atom stereocenters. The van der Waals surface area contributed by atoms with Gasteiger partial charge in [-0.3, -0.25) is 0 Å². The standard InChI is InChI=1S/C12H17NOS/c1-15-7-6-13-12-9-14-8-10-4-2-3-5-11(10)12/h2-5,12-13H,6-9H2,1H3. The van der Waals surface area contributed by atoms with E-state index in [9.17, 15) is 0 Å². The summed E-state index contributed by atoms with van der Waals surface area (Å²) in [6.45, 7) is 2.60. The lowest BCUT2D eigenvalue weighted by atomic mass is 9.99. The fraction of sp³-hybridized carbons (Fsp3) is 0.500. The highest BCUT2D eigenvalue weighted by Gasteiger charge is 2.18. The van der Waals surface area contributed by atoms with Crippen molar-refractivity contribution in [3.63, 3.8) is 0 Å². The Hall–Kier alpha value is -0.510. The summed E-state index contributed by atoms with van der Waals surface area (Å²) in [5, 5.41) is 3.53. The topological polar surface area (TPSA) is 21.3 Å². The number of rotatable bonds is 4. The van der Waals surface area contributed by atoms with Gasteiger partial charge in [-0.25, -0.2) is 0 Å². The molecular weight excluding hydrogens is 206 g/mol. The van der Waals surface area contributed by atoms with Crippen LogP contribution < -0.4 is 5.32 Å². The maximum absolute atomic E-state index is 5.57.